The van der Waals surface area contributed by atoms with Crippen LogP contribution in [0.4, 0.5) is 0 Å². The Balaban J connectivity index is 1.96. The summed E-state index contributed by atoms with van der Waals surface area (Å²) < 4.78 is 10.6. The number of rotatable bonds is 5. The molecule has 0 radical (unpaired) electrons. The summed E-state index contributed by atoms with van der Waals surface area (Å²) in [5.41, 5.74) is 0.912. The Bertz CT molecular complexity index is 597. The Labute approximate surface area is 147 Å². The van der Waals surface area contributed by atoms with Crippen LogP contribution in [-0.4, -0.2) is 43.1 Å². The fraction of sp³-hybridized carbons (Fsp3) is 0.556. The first-order valence-electron chi connectivity index (χ1n) is 8.25. The van der Waals surface area contributed by atoms with Crippen molar-refractivity contribution in [1.29, 1.82) is 0 Å². The Morgan fingerprint density at radius 2 is 2.00 bits per heavy atom. The number of carbonyl (C=O) groups is 2. The van der Waals surface area contributed by atoms with E-state index < -0.39 is 6.10 Å². The first kappa shape index (κ1) is 18.6. The highest BCUT2D eigenvalue weighted by molar-refractivity contribution is 6.31. The highest BCUT2D eigenvalue weighted by Crippen LogP contribution is 2.24. The summed E-state index contributed by atoms with van der Waals surface area (Å²) in [5, 5.41) is 0.673. The van der Waals surface area contributed by atoms with Gasteiger partial charge >= 0.3 is 5.97 Å². The minimum absolute atomic E-state index is 0.0339. The number of aryl methyl sites for hydroxylation is 1. The highest BCUT2D eigenvalue weighted by atomic mass is 35.5. The van der Waals surface area contributed by atoms with Crippen LogP contribution in [0.3, 0.4) is 0 Å². The molecular weight excluding hydrogens is 330 g/mol. The maximum absolute atomic E-state index is 12.7. The second-order valence-corrected chi connectivity index (χ2v) is 6.46. The van der Waals surface area contributed by atoms with E-state index in [0.717, 1.165) is 5.56 Å². The van der Waals surface area contributed by atoms with E-state index in [1.165, 1.54) is 7.11 Å². The summed E-state index contributed by atoms with van der Waals surface area (Å²) in [4.78, 5) is 26.0. The van der Waals surface area contributed by atoms with Crippen molar-refractivity contribution < 1.29 is 19.1 Å². The van der Waals surface area contributed by atoms with Crippen LogP contribution in [0, 0.1) is 12.8 Å². The van der Waals surface area contributed by atoms with E-state index >= 15 is 0 Å². The molecule has 5 nitrogen and oxygen atoms in total. The number of esters is 1. The summed E-state index contributed by atoms with van der Waals surface area (Å²) >= 11 is 6.02. The molecule has 1 saturated heterocycles. The molecule has 1 aliphatic heterocycles. The summed E-state index contributed by atoms with van der Waals surface area (Å²) in [5.74, 6) is 0.302. The molecule has 1 heterocycles. The number of amides is 1. The van der Waals surface area contributed by atoms with Crippen LogP contribution in [0.1, 0.15) is 31.7 Å². The molecule has 0 spiro atoms. The maximum Gasteiger partial charge on any atom is 0.308 e. The van der Waals surface area contributed by atoms with Crippen LogP contribution >= 0.6 is 11.6 Å². The molecule has 0 bridgehead atoms. The van der Waals surface area contributed by atoms with Crippen LogP contribution in [-0.2, 0) is 14.3 Å². The molecule has 24 heavy (non-hydrogen) atoms. The largest absolute Gasteiger partial charge is 0.481 e. The van der Waals surface area contributed by atoms with Gasteiger partial charge in [-0.05, 0) is 49.9 Å². The molecule has 2 rings (SSSR count). The average molecular weight is 354 g/mol. The molecule has 0 aliphatic carbocycles. The first-order valence-corrected chi connectivity index (χ1v) is 8.63. The number of ether oxygens (including phenoxy) is 2. The SMILES string of the molecule is CC[C@@H](Oc1ccc(Cl)c(C)c1)C(=O)N1CCC(C(=O)OC)CC1. The number of methoxy groups -OCH3 is 1. The third kappa shape index (κ3) is 4.41. The molecule has 0 aromatic heterocycles. The van der Waals surface area contributed by atoms with Gasteiger partial charge in [-0.25, -0.2) is 0 Å². The van der Waals surface area contributed by atoms with Crippen molar-refractivity contribution in [2.24, 2.45) is 5.92 Å². The smallest absolute Gasteiger partial charge is 0.308 e. The lowest BCUT2D eigenvalue weighted by molar-refractivity contribution is -0.150. The molecule has 0 unspecified atom stereocenters. The number of halogens is 1. The first-order chi connectivity index (χ1) is 11.5. The lowest BCUT2D eigenvalue weighted by Crippen LogP contribution is -2.46. The number of benzene rings is 1. The highest BCUT2D eigenvalue weighted by Gasteiger charge is 2.31. The summed E-state index contributed by atoms with van der Waals surface area (Å²) in [6, 6.07) is 5.38. The fourth-order valence-electron chi connectivity index (χ4n) is 2.87. The minimum atomic E-state index is -0.528. The van der Waals surface area contributed by atoms with E-state index in [9.17, 15) is 9.59 Å². The topological polar surface area (TPSA) is 55.8 Å². The van der Waals surface area contributed by atoms with Crippen molar-refractivity contribution in [1.82, 2.24) is 4.90 Å². The lowest BCUT2D eigenvalue weighted by Gasteiger charge is -2.33. The third-order valence-electron chi connectivity index (χ3n) is 4.40. The van der Waals surface area contributed by atoms with Crippen molar-refractivity contribution in [3.63, 3.8) is 0 Å². The van der Waals surface area contributed by atoms with E-state index in [0.29, 0.717) is 43.1 Å². The second kappa shape index (κ2) is 8.38. The van der Waals surface area contributed by atoms with E-state index in [2.05, 4.69) is 0 Å². The van der Waals surface area contributed by atoms with Crippen LogP contribution < -0.4 is 4.74 Å². The quantitative estimate of drug-likeness (QED) is 0.763. The molecule has 0 saturated carbocycles. The Kier molecular flexibility index (Phi) is 6.49. The van der Waals surface area contributed by atoms with Gasteiger partial charge in [0.15, 0.2) is 6.10 Å². The van der Waals surface area contributed by atoms with Crippen molar-refractivity contribution in [3.8, 4) is 5.75 Å². The Morgan fingerprint density at radius 1 is 1.33 bits per heavy atom. The monoisotopic (exact) mass is 353 g/mol. The number of hydrogen-bond donors (Lipinski definition) is 0. The molecule has 1 aromatic rings. The van der Waals surface area contributed by atoms with Gasteiger partial charge in [0.05, 0.1) is 13.0 Å². The number of likely N-dealkylation sites (tertiary alicyclic amines) is 1. The summed E-state index contributed by atoms with van der Waals surface area (Å²) in [7, 11) is 1.40. The van der Waals surface area contributed by atoms with E-state index in [1.807, 2.05) is 19.9 Å². The zero-order valence-corrected chi connectivity index (χ0v) is 15.1. The second-order valence-electron chi connectivity index (χ2n) is 6.05. The molecule has 1 aromatic carbocycles. The van der Waals surface area contributed by atoms with Crippen molar-refractivity contribution >= 4 is 23.5 Å². The maximum atomic E-state index is 12.7. The van der Waals surface area contributed by atoms with Gasteiger partial charge in [0.2, 0.25) is 0 Å². The van der Waals surface area contributed by atoms with Crippen molar-refractivity contribution in [2.75, 3.05) is 20.2 Å². The number of carbonyl (C=O) groups excluding carboxylic acids is 2. The molecule has 132 valence electrons. The summed E-state index contributed by atoms with van der Waals surface area (Å²) in [6.07, 6.45) is 1.32. The lowest BCUT2D eigenvalue weighted by atomic mass is 9.96. The van der Waals surface area contributed by atoms with Crippen LogP contribution in [0.5, 0.6) is 5.75 Å². The standard InChI is InChI=1S/C18H24ClNO4/c1-4-16(24-14-5-6-15(19)12(2)11-14)17(21)20-9-7-13(8-10-20)18(22)23-3/h5-6,11,13,16H,4,7-10H2,1-3H3/t16-/m1/s1. The van der Waals surface area contributed by atoms with Gasteiger partial charge in [0.1, 0.15) is 5.75 Å². The fourth-order valence-corrected chi connectivity index (χ4v) is 2.99. The van der Waals surface area contributed by atoms with Gasteiger partial charge in [-0.2, -0.15) is 0 Å². The zero-order valence-electron chi connectivity index (χ0n) is 14.4. The molecule has 1 aliphatic rings. The predicted octanol–water partition coefficient (Wildman–Crippen LogP) is 3.22. The average Bonchev–Trinajstić information content (AvgIpc) is 2.61. The van der Waals surface area contributed by atoms with Crippen LogP contribution in [0.15, 0.2) is 18.2 Å². The molecule has 1 fully saturated rings. The van der Waals surface area contributed by atoms with Gasteiger partial charge in [-0.1, -0.05) is 18.5 Å². The van der Waals surface area contributed by atoms with E-state index in [1.54, 1.807) is 17.0 Å². The Morgan fingerprint density at radius 3 is 2.54 bits per heavy atom. The van der Waals surface area contributed by atoms with Crippen molar-refractivity contribution in [3.05, 3.63) is 28.8 Å². The predicted molar refractivity (Wildman–Crippen MR) is 92.2 cm³/mol. The van der Waals surface area contributed by atoms with Crippen LogP contribution in [0.2, 0.25) is 5.02 Å². The zero-order chi connectivity index (χ0) is 17.7. The molecule has 6 heteroatoms. The van der Waals surface area contributed by atoms with E-state index in [-0.39, 0.29) is 17.8 Å². The number of hydrogen-bond acceptors (Lipinski definition) is 4. The normalized spacial score (nSPS) is 16.6. The van der Waals surface area contributed by atoms with Gasteiger partial charge in [-0.15, -0.1) is 0 Å². The van der Waals surface area contributed by atoms with Gasteiger partial charge in [0, 0.05) is 18.1 Å². The van der Waals surface area contributed by atoms with Gasteiger partial charge in [0.25, 0.3) is 5.91 Å². The van der Waals surface area contributed by atoms with Gasteiger partial charge < -0.3 is 14.4 Å². The molecular formula is C18H24ClNO4. The molecule has 0 N–H and O–H groups in total. The number of piperidine rings is 1. The summed E-state index contributed by atoms with van der Waals surface area (Å²) in [6.45, 7) is 4.93. The minimum Gasteiger partial charge on any atom is -0.481 e. The number of nitrogens with zero attached hydrogens (tertiary/aromatic N) is 1. The van der Waals surface area contributed by atoms with E-state index in [4.69, 9.17) is 21.1 Å². The molecule has 1 amide bonds. The molecule has 1 atom stereocenters. The van der Waals surface area contributed by atoms with Crippen LogP contribution in [0.25, 0.3) is 0 Å². The third-order valence-corrected chi connectivity index (χ3v) is 4.82. The van der Waals surface area contributed by atoms with Crippen molar-refractivity contribution in [2.45, 2.75) is 39.2 Å². The van der Waals surface area contributed by atoms with Gasteiger partial charge in [-0.3, -0.25) is 9.59 Å². The Hall–Kier alpha value is -1.75.